The first-order valence-electron chi connectivity index (χ1n) is 6.48. The smallest absolute Gasteiger partial charge is 0.264 e. The van der Waals surface area contributed by atoms with Crippen LogP contribution < -0.4 is 10.3 Å². The molecule has 3 nitrogen and oxygen atoms in total. The van der Waals surface area contributed by atoms with Crippen molar-refractivity contribution in [2.45, 2.75) is 39.3 Å². The topological polar surface area (TPSA) is 40.2 Å². The Kier molecular flexibility index (Phi) is 3.58. The van der Waals surface area contributed by atoms with Gasteiger partial charge in [0, 0.05) is 5.39 Å². The van der Waals surface area contributed by atoms with E-state index in [4.69, 9.17) is 21.9 Å². The molecule has 2 N–H and O–H groups in total. The lowest BCUT2D eigenvalue weighted by atomic mass is 9.84. The molecule has 2 aromatic rings. The van der Waals surface area contributed by atoms with E-state index in [1.165, 1.54) is 5.56 Å². The number of benzene rings is 1. The SMILES string of the molecule is C[SiH](C)On1cc(Cl)c2c(C(C)(C)C)ccc(N)c21. The number of rotatable bonds is 2. The standard InChI is InChI=1S/C14H21ClN2OSi/c1-14(2,3)9-6-7-11(16)13-12(9)10(15)8-17(13)18-19(4)5/h6-8,19H,16H2,1-5H3. The van der Waals surface area contributed by atoms with E-state index in [1.54, 1.807) is 4.73 Å². The maximum Gasteiger partial charge on any atom is 0.264 e. The Hall–Kier alpha value is -1.13. The molecule has 0 atom stereocenters. The lowest BCUT2D eigenvalue weighted by molar-refractivity contribution is 0.297. The summed E-state index contributed by atoms with van der Waals surface area (Å²) in [4.78, 5) is 0. The molecule has 1 aromatic carbocycles. The van der Waals surface area contributed by atoms with Crippen LogP contribution in [-0.4, -0.2) is 13.8 Å². The third-order valence-electron chi connectivity index (χ3n) is 3.03. The van der Waals surface area contributed by atoms with Crippen molar-refractivity contribution in [3.8, 4) is 0 Å². The van der Waals surface area contributed by atoms with Crippen molar-refractivity contribution in [2.24, 2.45) is 0 Å². The molecule has 0 saturated heterocycles. The maximum absolute atomic E-state index is 6.40. The summed E-state index contributed by atoms with van der Waals surface area (Å²) >= 11 is 6.40. The Morgan fingerprint density at radius 1 is 1.26 bits per heavy atom. The summed E-state index contributed by atoms with van der Waals surface area (Å²) in [5.41, 5.74) is 8.90. The van der Waals surface area contributed by atoms with E-state index < -0.39 is 9.04 Å². The summed E-state index contributed by atoms with van der Waals surface area (Å²) in [6, 6.07) is 3.99. The summed E-state index contributed by atoms with van der Waals surface area (Å²) < 4.78 is 7.64. The minimum atomic E-state index is -1.22. The van der Waals surface area contributed by atoms with Gasteiger partial charge in [0.15, 0.2) is 0 Å². The molecule has 0 unspecified atom stereocenters. The van der Waals surface area contributed by atoms with Gasteiger partial charge in [-0.2, -0.15) is 0 Å². The molecule has 19 heavy (non-hydrogen) atoms. The highest BCUT2D eigenvalue weighted by Gasteiger charge is 2.22. The number of hydrogen-bond donors (Lipinski definition) is 1. The van der Waals surface area contributed by atoms with Gasteiger partial charge in [-0.05, 0) is 30.1 Å². The van der Waals surface area contributed by atoms with Gasteiger partial charge in [0.25, 0.3) is 9.04 Å². The van der Waals surface area contributed by atoms with Gasteiger partial charge in [0.1, 0.15) is 5.52 Å². The van der Waals surface area contributed by atoms with Crippen molar-refractivity contribution < 1.29 is 4.53 Å². The predicted molar refractivity (Wildman–Crippen MR) is 85.5 cm³/mol. The van der Waals surface area contributed by atoms with Crippen LogP contribution in [0.2, 0.25) is 18.1 Å². The molecule has 0 aliphatic heterocycles. The molecule has 0 amide bonds. The van der Waals surface area contributed by atoms with Crippen molar-refractivity contribution in [3.63, 3.8) is 0 Å². The monoisotopic (exact) mass is 296 g/mol. The van der Waals surface area contributed by atoms with Crippen LogP contribution in [0.4, 0.5) is 5.69 Å². The van der Waals surface area contributed by atoms with E-state index in [9.17, 15) is 0 Å². The molecule has 0 bridgehead atoms. The summed E-state index contributed by atoms with van der Waals surface area (Å²) in [5, 5.41) is 1.70. The molecule has 1 aromatic heterocycles. The second kappa shape index (κ2) is 4.76. The number of nitrogen functional groups attached to an aromatic ring is 1. The summed E-state index contributed by atoms with van der Waals surface area (Å²) in [5.74, 6) is 0. The van der Waals surface area contributed by atoms with Gasteiger partial charge >= 0.3 is 0 Å². The molecule has 5 heteroatoms. The van der Waals surface area contributed by atoms with E-state index in [2.05, 4.69) is 39.9 Å². The highest BCUT2D eigenvalue weighted by molar-refractivity contribution is 6.48. The normalized spacial score (nSPS) is 12.4. The van der Waals surface area contributed by atoms with Crippen molar-refractivity contribution in [2.75, 3.05) is 5.73 Å². The van der Waals surface area contributed by atoms with Gasteiger partial charge in [0.05, 0.1) is 16.9 Å². The molecular formula is C14H21ClN2OSi. The molecule has 0 saturated carbocycles. The molecule has 0 radical (unpaired) electrons. The zero-order valence-electron chi connectivity index (χ0n) is 12.1. The quantitative estimate of drug-likeness (QED) is 0.679. The van der Waals surface area contributed by atoms with Crippen LogP contribution in [0, 0.1) is 0 Å². The van der Waals surface area contributed by atoms with Gasteiger partial charge in [0.2, 0.25) is 0 Å². The van der Waals surface area contributed by atoms with E-state index in [0.29, 0.717) is 10.7 Å². The van der Waals surface area contributed by atoms with Crippen molar-refractivity contribution in [3.05, 3.63) is 28.9 Å². The van der Waals surface area contributed by atoms with Crippen LogP contribution in [0.5, 0.6) is 0 Å². The fraction of sp³-hybridized carbons (Fsp3) is 0.429. The number of nitrogens with two attached hydrogens (primary N) is 1. The van der Waals surface area contributed by atoms with E-state index in [1.807, 2.05) is 12.3 Å². The lowest BCUT2D eigenvalue weighted by Crippen LogP contribution is -2.22. The fourth-order valence-electron chi connectivity index (χ4n) is 2.25. The molecule has 1 heterocycles. The highest BCUT2D eigenvalue weighted by atomic mass is 35.5. The lowest BCUT2D eigenvalue weighted by Gasteiger charge is -2.21. The Balaban J connectivity index is 2.78. The van der Waals surface area contributed by atoms with Crippen LogP contribution in [0.3, 0.4) is 0 Å². The van der Waals surface area contributed by atoms with Crippen LogP contribution in [0.15, 0.2) is 18.3 Å². The summed E-state index contributed by atoms with van der Waals surface area (Å²) in [6.45, 7) is 10.7. The minimum Gasteiger partial charge on any atom is -0.474 e. The zero-order chi connectivity index (χ0) is 14.4. The first-order chi connectivity index (χ1) is 8.71. The zero-order valence-corrected chi connectivity index (χ0v) is 14.0. The third kappa shape index (κ3) is 2.60. The Morgan fingerprint density at radius 3 is 2.42 bits per heavy atom. The van der Waals surface area contributed by atoms with Crippen LogP contribution in [0.25, 0.3) is 10.9 Å². The third-order valence-corrected chi connectivity index (χ3v) is 3.97. The molecule has 0 aliphatic rings. The molecule has 2 rings (SSSR count). The minimum absolute atomic E-state index is 0.0109. The van der Waals surface area contributed by atoms with Crippen LogP contribution >= 0.6 is 11.6 Å². The van der Waals surface area contributed by atoms with E-state index >= 15 is 0 Å². The predicted octanol–water partition coefficient (Wildman–Crippen LogP) is 3.59. The fourth-order valence-corrected chi connectivity index (χ4v) is 3.15. The highest BCUT2D eigenvalue weighted by Crippen LogP contribution is 2.38. The van der Waals surface area contributed by atoms with Crippen LogP contribution in [-0.2, 0) is 5.41 Å². The summed E-state index contributed by atoms with van der Waals surface area (Å²) in [7, 11) is -1.22. The summed E-state index contributed by atoms with van der Waals surface area (Å²) in [6.07, 6.45) is 1.82. The first-order valence-corrected chi connectivity index (χ1v) is 9.64. The second-order valence-electron chi connectivity index (χ2n) is 6.13. The molecule has 0 fully saturated rings. The Bertz CT molecular complexity index is 614. The number of aromatic nitrogens is 1. The number of fused-ring (bicyclic) bond motifs is 1. The second-order valence-corrected chi connectivity index (χ2v) is 8.85. The average molecular weight is 297 g/mol. The van der Waals surface area contributed by atoms with Gasteiger partial charge in [-0.3, -0.25) is 0 Å². The molecule has 104 valence electrons. The van der Waals surface area contributed by atoms with Gasteiger partial charge in [-0.25, -0.2) is 4.73 Å². The number of hydrogen-bond acceptors (Lipinski definition) is 2. The van der Waals surface area contributed by atoms with Crippen LogP contribution in [0.1, 0.15) is 26.3 Å². The average Bonchev–Trinajstić information content (AvgIpc) is 2.54. The Labute approximate surface area is 121 Å². The van der Waals surface area contributed by atoms with Crippen molar-refractivity contribution in [1.82, 2.24) is 4.73 Å². The maximum atomic E-state index is 6.40. The first kappa shape index (κ1) is 14.3. The van der Waals surface area contributed by atoms with E-state index in [0.717, 1.165) is 10.9 Å². The number of nitrogens with zero attached hydrogens (tertiary/aromatic N) is 1. The molecular weight excluding hydrogens is 276 g/mol. The largest absolute Gasteiger partial charge is 0.474 e. The van der Waals surface area contributed by atoms with Gasteiger partial charge in [-0.15, -0.1) is 0 Å². The van der Waals surface area contributed by atoms with Crippen molar-refractivity contribution >= 4 is 37.2 Å². The number of anilines is 1. The number of halogens is 1. The van der Waals surface area contributed by atoms with E-state index in [-0.39, 0.29) is 5.41 Å². The van der Waals surface area contributed by atoms with Crippen molar-refractivity contribution in [1.29, 1.82) is 0 Å². The molecule has 0 aliphatic carbocycles. The van der Waals surface area contributed by atoms with Gasteiger partial charge in [-0.1, -0.05) is 38.4 Å². The Morgan fingerprint density at radius 2 is 1.89 bits per heavy atom. The van der Waals surface area contributed by atoms with Gasteiger partial charge < -0.3 is 10.3 Å². The molecule has 0 spiro atoms.